The molecule has 0 unspecified atom stereocenters. The molecule has 0 aliphatic carbocycles. The molecular weight excluding hydrogens is 512 g/mol. The molecule has 0 aromatic heterocycles. The molecule has 0 fully saturated rings. The molecule has 0 aliphatic heterocycles. The van der Waals surface area contributed by atoms with Gasteiger partial charge in [0.25, 0.3) is 0 Å². The summed E-state index contributed by atoms with van der Waals surface area (Å²) in [6.45, 7) is 5.21. The van der Waals surface area contributed by atoms with Gasteiger partial charge in [0.1, 0.15) is 0 Å². The number of carbonyl (C=O) groups excluding carboxylic acids is 1. The molecule has 2 nitrogen and oxygen atoms in total. The van der Waals surface area contributed by atoms with Gasteiger partial charge in [-0.2, -0.15) is 0 Å². The third-order valence-corrected chi connectivity index (χ3v) is 9.25. The molecule has 0 radical (unpaired) electrons. The first-order valence-corrected chi connectivity index (χ1v) is 20.0. The Hall–Kier alpha value is -0.530. The van der Waals surface area contributed by atoms with Crippen molar-refractivity contribution in [1.29, 1.82) is 0 Å². The number of unbranched alkanes of at least 4 members (excludes halogenated alkanes) is 33. The highest BCUT2D eigenvalue weighted by atomic mass is 16.5. The predicted octanol–water partition coefficient (Wildman–Crippen LogP) is 14.6. The summed E-state index contributed by atoms with van der Waals surface area (Å²) < 4.78 is 5.44. The van der Waals surface area contributed by atoms with Crippen molar-refractivity contribution in [3.63, 3.8) is 0 Å². The number of hydrogen-bond acceptors (Lipinski definition) is 2. The molecule has 252 valence electrons. The molecule has 0 spiro atoms. The van der Waals surface area contributed by atoms with Crippen molar-refractivity contribution < 1.29 is 9.53 Å². The van der Waals surface area contributed by atoms with Crippen LogP contribution in [-0.4, -0.2) is 12.6 Å². The van der Waals surface area contributed by atoms with E-state index < -0.39 is 0 Å². The second kappa shape index (κ2) is 38.5. The zero-order chi connectivity index (χ0) is 30.4. The van der Waals surface area contributed by atoms with Crippen LogP contribution in [0.3, 0.4) is 0 Å². The van der Waals surface area contributed by atoms with E-state index >= 15 is 0 Å². The van der Waals surface area contributed by atoms with Crippen LogP contribution in [0.2, 0.25) is 0 Å². The molecule has 0 heterocycles. The quantitative estimate of drug-likeness (QED) is 0.0529. The monoisotopic (exact) mass is 593 g/mol. The normalized spacial score (nSPS) is 11.4. The van der Waals surface area contributed by atoms with Crippen LogP contribution in [-0.2, 0) is 9.53 Å². The van der Waals surface area contributed by atoms with E-state index in [-0.39, 0.29) is 5.97 Å². The molecule has 0 atom stereocenters. The summed E-state index contributed by atoms with van der Waals surface area (Å²) in [5.74, 6) is 0.0286. The number of esters is 1. The maximum atomic E-state index is 11.9. The van der Waals surface area contributed by atoms with Crippen molar-refractivity contribution in [3.8, 4) is 0 Å². The van der Waals surface area contributed by atoms with Gasteiger partial charge in [0, 0.05) is 6.42 Å². The molecule has 0 aromatic rings. The van der Waals surface area contributed by atoms with Gasteiger partial charge in [-0.05, 0) is 12.8 Å². The highest BCUT2D eigenvalue weighted by Crippen LogP contribution is 2.16. The van der Waals surface area contributed by atoms with Crippen molar-refractivity contribution in [2.75, 3.05) is 6.61 Å². The fraction of sp³-hybridized carbons (Fsp3) is 0.975. The van der Waals surface area contributed by atoms with E-state index in [9.17, 15) is 4.79 Å². The van der Waals surface area contributed by atoms with Crippen LogP contribution in [0.15, 0.2) is 0 Å². The molecular formula is C40H80O2. The van der Waals surface area contributed by atoms with Gasteiger partial charge in [0.2, 0.25) is 0 Å². The molecule has 0 saturated heterocycles. The Labute approximate surface area is 266 Å². The lowest BCUT2D eigenvalue weighted by Gasteiger charge is -2.06. The van der Waals surface area contributed by atoms with Crippen LogP contribution in [0.5, 0.6) is 0 Å². The molecule has 42 heavy (non-hydrogen) atoms. The average Bonchev–Trinajstić information content (AvgIpc) is 3.00. The van der Waals surface area contributed by atoms with Crippen molar-refractivity contribution in [2.24, 2.45) is 0 Å². The smallest absolute Gasteiger partial charge is 0.305 e. The van der Waals surface area contributed by atoms with Crippen LogP contribution in [0.25, 0.3) is 0 Å². The molecule has 0 aromatic carbocycles. The van der Waals surface area contributed by atoms with E-state index in [0.717, 1.165) is 12.8 Å². The van der Waals surface area contributed by atoms with E-state index in [2.05, 4.69) is 13.8 Å². The molecule has 0 saturated carbocycles. The number of hydrogen-bond donors (Lipinski definition) is 0. The summed E-state index contributed by atoms with van der Waals surface area (Å²) >= 11 is 0. The Kier molecular flexibility index (Phi) is 38.0. The molecule has 0 aliphatic rings. The fourth-order valence-electron chi connectivity index (χ4n) is 6.26. The fourth-order valence-corrected chi connectivity index (χ4v) is 6.26. The Morgan fingerprint density at radius 3 is 0.786 bits per heavy atom. The summed E-state index contributed by atoms with van der Waals surface area (Å²) in [4.78, 5) is 11.9. The SMILES string of the molecule is CCCCCCCCCCCCCCCCCCCCCCCCCCC(=O)OCCCCCCCCCCCCC. The number of rotatable bonds is 37. The minimum Gasteiger partial charge on any atom is -0.466 e. The summed E-state index contributed by atoms with van der Waals surface area (Å²) in [5, 5.41) is 0. The second-order valence-electron chi connectivity index (χ2n) is 13.6. The topological polar surface area (TPSA) is 26.3 Å². The van der Waals surface area contributed by atoms with Crippen LogP contribution < -0.4 is 0 Å². The summed E-state index contributed by atoms with van der Waals surface area (Å²) in [6.07, 6.45) is 49.1. The van der Waals surface area contributed by atoms with Crippen LogP contribution >= 0.6 is 0 Å². The van der Waals surface area contributed by atoms with Gasteiger partial charge in [-0.3, -0.25) is 4.79 Å². The lowest BCUT2D eigenvalue weighted by atomic mass is 10.0. The summed E-state index contributed by atoms with van der Waals surface area (Å²) in [7, 11) is 0. The second-order valence-corrected chi connectivity index (χ2v) is 13.6. The molecule has 0 N–H and O–H groups in total. The first kappa shape index (κ1) is 41.5. The zero-order valence-electron chi connectivity index (χ0n) is 29.5. The highest BCUT2D eigenvalue weighted by molar-refractivity contribution is 5.69. The molecule has 0 rings (SSSR count). The van der Waals surface area contributed by atoms with Crippen LogP contribution in [0.1, 0.15) is 245 Å². The van der Waals surface area contributed by atoms with Gasteiger partial charge in [-0.25, -0.2) is 0 Å². The largest absolute Gasteiger partial charge is 0.466 e. The van der Waals surface area contributed by atoms with Crippen LogP contribution in [0, 0.1) is 0 Å². The van der Waals surface area contributed by atoms with Gasteiger partial charge < -0.3 is 4.74 Å². The third kappa shape index (κ3) is 37.5. The lowest BCUT2D eigenvalue weighted by Crippen LogP contribution is -2.05. The molecule has 0 bridgehead atoms. The Morgan fingerprint density at radius 1 is 0.310 bits per heavy atom. The van der Waals surface area contributed by atoms with E-state index in [1.165, 1.54) is 212 Å². The van der Waals surface area contributed by atoms with E-state index in [1.807, 2.05) is 0 Å². The summed E-state index contributed by atoms with van der Waals surface area (Å²) in [5.41, 5.74) is 0. The predicted molar refractivity (Wildman–Crippen MR) is 189 cm³/mol. The molecule has 0 amide bonds. The maximum Gasteiger partial charge on any atom is 0.305 e. The highest BCUT2D eigenvalue weighted by Gasteiger charge is 2.03. The van der Waals surface area contributed by atoms with Gasteiger partial charge in [0.15, 0.2) is 0 Å². The minimum atomic E-state index is 0.0286. The van der Waals surface area contributed by atoms with E-state index in [0.29, 0.717) is 13.0 Å². The van der Waals surface area contributed by atoms with Crippen molar-refractivity contribution in [2.45, 2.75) is 245 Å². The summed E-state index contributed by atoms with van der Waals surface area (Å²) in [6, 6.07) is 0. The Bertz CT molecular complexity index is 488. The first-order valence-electron chi connectivity index (χ1n) is 20.0. The van der Waals surface area contributed by atoms with Gasteiger partial charge in [0.05, 0.1) is 6.61 Å². The van der Waals surface area contributed by atoms with Gasteiger partial charge in [-0.15, -0.1) is 0 Å². The average molecular weight is 593 g/mol. The van der Waals surface area contributed by atoms with Gasteiger partial charge in [-0.1, -0.05) is 226 Å². The van der Waals surface area contributed by atoms with Crippen molar-refractivity contribution >= 4 is 5.97 Å². The third-order valence-electron chi connectivity index (χ3n) is 9.25. The van der Waals surface area contributed by atoms with Crippen molar-refractivity contribution in [1.82, 2.24) is 0 Å². The number of carbonyl (C=O) groups is 1. The van der Waals surface area contributed by atoms with E-state index in [1.54, 1.807) is 0 Å². The standard InChI is InChI=1S/C40H80O2/c1-3-5-7-9-11-13-15-16-17-18-19-20-21-22-23-24-25-26-27-28-30-32-34-36-38-40(41)42-39-37-35-33-31-29-14-12-10-8-6-4-2/h3-39H2,1-2H3. The van der Waals surface area contributed by atoms with Crippen LogP contribution in [0.4, 0.5) is 0 Å². The number of ether oxygens (including phenoxy) is 1. The molecule has 2 heteroatoms. The lowest BCUT2D eigenvalue weighted by molar-refractivity contribution is -0.143. The van der Waals surface area contributed by atoms with E-state index in [4.69, 9.17) is 4.74 Å². The minimum absolute atomic E-state index is 0.0286. The van der Waals surface area contributed by atoms with Gasteiger partial charge >= 0.3 is 5.97 Å². The zero-order valence-corrected chi connectivity index (χ0v) is 29.5. The van der Waals surface area contributed by atoms with Crippen molar-refractivity contribution in [3.05, 3.63) is 0 Å². The Morgan fingerprint density at radius 2 is 0.524 bits per heavy atom. The first-order chi connectivity index (χ1) is 20.8. The maximum absolute atomic E-state index is 11.9. The Balaban J connectivity index is 3.12.